The van der Waals surface area contributed by atoms with Crippen LogP contribution >= 0.6 is 0 Å². The Hall–Kier alpha value is -1.65. The Morgan fingerprint density at radius 3 is 2.43 bits per heavy atom. The maximum absolute atomic E-state index is 12.2. The largest absolute Gasteiger partial charge is 0.356 e. The second-order valence-corrected chi connectivity index (χ2v) is 7.32. The highest BCUT2D eigenvalue weighted by atomic mass is 16.2. The molecule has 1 saturated carbocycles. The normalized spacial score (nSPS) is 19.3. The molecule has 0 N–H and O–H groups in total. The molecule has 0 bridgehead atoms. The second-order valence-electron chi connectivity index (χ2n) is 7.32. The van der Waals surface area contributed by atoms with Gasteiger partial charge in [0.2, 0.25) is 5.91 Å². The summed E-state index contributed by atoms with van der Waals surface area (Å²) in [5.74, 6) is 2.99. The van der Waals surface area contributed by atoms with Crippen molar-refractivity contribution in [3.05, 3.63) is 17.6 Å². The SMILES string of the molecule is Cc1cc(N2CCC(N(C)C(=O)C(C)C)CC2)nc(C2CC2)n1. The number of hydrogen-bond donors (Lipinski definition) is 0. The number of nitrogens with zero attached hydrogens (tertiary/aromatic N) is 4. The summed E-state index contributed by atoms with van der Waals surface area (Å²) < 4.78 is 0. The molecule has 0 radical (unpaired) electrons. The van der Waals surface area contributed by atoms with Crippen LogP contribution in [0.5, 0.6) is 0 Å². The van der Waals surface area contributed by atoms with Crippen LogP contribution in [-0.2, 0) is 4.79 Å². The van der Waals surface area contributed by atoms with Crippen molar-refractivity contribution in [2.24, 2.45) is 5.92 Å². The molecule has 0 unspecified atom stereocenters. The molecule has 23 heavy (non-hydrogen) atoms. The molecule has 3 rings (SSSR count). The Morgan fingerprint density at radius 2 is 1.87 bits per heavy atom. The van der Waals surface area contributed by atoms with Crippen LogP contribution in [0.1, 0.15) is 57.0 Å². The molecule has 1 aromatic heterocycles. The molecule has 1 aliphatic heterocycles. The molecule has 2 aliphatic rings. The fourth-order valence-electron chi connectivity index (χ4n) is 3.33. The van der Waals surface area contributed by atoms with E-state index in [0.717, 1.165) is 43.3 Å². The predicted octanol–water partition coefficient (Wildman–Crippen LogP) is 2.75. The predicted molar refractivity (Wildman–Crippen MR) is 91.6 cm³/mol. The maximum Gasteiger partial charge on any atom is 0.225 e. The lowest BCUT2D eigenvalue weighted by Crippen LogP contribution is -2.47. The van der Waals surface area contributed by atoms with Crippen molar-refractivity contribution in [1.82, 2.24) is 14.9 Å². The van der Waals surface area contributed by atoms with Crippen molar-refractivity contribution >= 4 is 11.7 Å². The zero-order valence-corrected chi connectivity index (χ0v) is 14.7. The summed E-state index contributed by atoms with van der Waals surface area (Å²) >= 11 is 0. The van der Waals surface area contributed by atoms with E-state index in [4.69, 9.17) is 4.98 Å². The quantitative estimate of drug-likeness (QED) is 0.857. The van der Waals surface area contributed by atoms with Crippen molar-refractivity contribution in [3.63, 3.8) is 0 Å². The van der Waals surface area contributed by atoms with Crippen LogP contribution in [0.4, 0.5) is 5.82 Å². The van der Waals surface area contributed by atoms with Gasteiger partial charge in [-0.05, 0) is 32.6 Å². The summed E-state index contributed by atoms with van der Waals surface area (Å²) in [4.78, 5) is 25.8. The molecule has 5 heteroatoms. The van der Waals surface area contributed by atoms with E-state index in [1.165, 1.54) is 12.8 Å². The number of anilines is 1. The molecule has 0 aromatic carbocycles. The molecular formula is C18H28N4O. The van der Waals surface area contributed by atoms with Crippen molar-refractivity contribution in [3.8, 4) is 0 Å². The summed E-state index contributed by atoms with van der Waals surface area (Å²) in [5.41, 5.74) is 1.06. The van der Waals surface area contributed by atoms with Crippen molar-refractivity contribution in [1.29, 1.82) is 0 Å². The summed E-state index contributed by atoms with van der Waals surface area (Å²) in [5, 5.41) is 0. The third kappa shape index (κ3) is 3.65. The molecule has 2 heterocycles. The lowest BCUT2D eigenvalue weighted by atomic mass is 10.0. The molecule has 5 nitrogen and oxygen atoms in total. The highest BCUT2D eigenvalue weighted by Crippen LogP contribution is 2.38. The first-order chi connectivity index (χ1) is 11.0. The molecule has 0 spiro atoms. The van der Waals surface area contributed by atoms with Gasteiger partial charge in [0, 0.05) is 49.8 Å². The number of rotatable bonds is 4. The smallest absolute Gasteiger partial charge is 0.225 e. The molecule has 126 valence electrons. The minimum atomic E-state index is 0.0728. The third-order valence-corrected chi connectivity index (χ3v) is 4.98. The lowest BCUT2D eigenvalue weighted by molar-refractivity contribution is -0.135. The Kier molecular flexibility index (Phi) is 4.55. The van der Waals surface area contributed by atoms with Gasteiger partial charge < -0.3 is 9.80 Å². The average molecular weight is 316 g/mol. The van der Waals surface area contributed by atoms with Gasteiger partial charge in [0.05, 0.1) is 0 Å². The second kappa shape index (κ2) is 6.46. The maximum atomic E-state index is 12.2. The number of hydrogen-bond acceptors (Lipinski definition) is 4. The van der Waals surface area contributed by atoms with Crippen LogP contribution < -0.4 is 4.90 Å². The average Bonchev–Trinajstić information content (AvgIpc) is 3.38. The number of aromatic nitrogens is 2. The Morgan fingerprint density at radius 1 is 1.22 bits per heavy atom. The monoisotopic (exact) mass is 316 g/mol. The van der Waals surface area contributed by atoms with Gasteiger partial charge in [0.25, 0.3) is 0 Å². The highest BCUT2D eigenvalue weighted by molar-refractivity contribution is 5.78. The van der Waals surface area contributed by atoms with Gasteiger partial charge in [-0.1, -0.05) is 13.8 Å². The molecule has 1 amide bonds. The molecule has 1 saturated heterocycles. The zero-order valence-electron chi connectivity index (χ0n) is 14.7. The minimum absolute atomic E-state index is 0.0728. The van der Waals surface area contributed by atoms with Gasteiger partial charge >= 0.3 is 0 Å². The summed E-state index contributed by atoms with van der Waals surface area (Å²) in [6.07, 6.45) is 4.48. The lowest BCUT2D eigenvalue weighted by Gasteiger charge is -2.38. The van der Waals surface area contributed by atoms with Gasteiger partial charge in [-0.15, -0.1) is 0 Å². The van der Waals surface area contributed by atoms with Crippen LogP contribution in [-0.4, -0.2) is 47.0 Å². The van der Waals surface area contributed by atoms with E-state index in [1.807, 2.05) is 25.8 Å². The van der Waals surface area contributed by atoms with Crippen LogP contribution in [0.3, 0.4) is 0 Å². The topological polar surface area (TPSA) is 49.3 Å². The van der Waals surface area contributed by atoms with E-state index in [9.17, 15) is 4.79 Å². The first-order valence-corrected chi connectivity index (χ1v) is 8.83. The van der Waals surface area contributed by atoms with Crippen molar-refractivity contribution < 1.29 is 4.79 Å². The Bertz CT molecular complexity index is 574. The van der Waals surface area contributed by atoms with E-state index in [2.05, 4.69) is 22.9 Å². The minimum Gasteiger partial charge on any atom is -0.356 e. The van der Waals surface area contributed by atoms with Gasteiger partial charge in [0.15, 0.2) is 0 Å². The number of amides is 1. The van der Waals surface area contributed by atoms with Gasteiger partial charge in [-0.25, -0.2) is 9.97 Å². The summed E-state index contributed by atoms with van der Waals surface area (Å²) in [7, 11) is 1.95. The first kappa shape index (κ1) is 16.2. The standard InChI is InChI=1S/C18H28N4O/c1-12(2)18(23)21(4)15-7-9-22(10-8-15)16-11-13(3)19-17(20-16)14-5-6-14/h11-12,14-15H,5-10H2,1-4H3. The van der Waals surface area contributed by atoms with E-state index < -0.39 is 0 Å². The van der Waals surface area contributed by atoms with Gasteiger partial charge in [-0.3, -0.25) is 4.79 Å². The highest BCUT2D eigenvalue weighted by Gasteiger charge is 2.30. The van der Waals surface area contributed by atoms with E-state index in [-0.39, 0.29) is 11.8 Å². The van der Waals surface area contributed by atoms with Crippen LogP contribution in [0.15, 0.2) is 6.07 Å². The number of piperidine rings is 1. The molecule has 1 aromatic rings. The zero-order chi connectivity index (χ0) is 16.6. The van der Waals surface area contributed by atoms with Gasteiger partial charge in [-0.2, -0.15) is 0 Å². The third-order valence-electron chi connectivity index (χ3n) is 4.98. The van der Waals surface area contributed by atoms with Crippen LogP contribution in [0.2, 0.25) is 0 Å². The van der Waals surface area contributed by atoms with Crippen LogP contribution in [0.25, 0.3) is 0 Å². The first-order valence-electron chi connectivity index (χ1n) is 8.83. The van der Waals surface area contributed by atoms with E-state index in [0.29, 0.717) is 12.0 Å². The van der Waals surface area contributed by atoms with Crippen molar-refractivity contribution in [2.45, 2.75) is 58.4 Å². The Balaban J connectivity index is 1.64. The fraction of sp³-hybridized carbons (Fsp3) is 0.722. The number of aryl methyl sites for hydroxylation is 1. The number of carbonyl (C=O) groups excluding carboxylic acids is 1. The Labute approximate surface area is 139 Å². The summed E-state index contributed by atoms with van der Waals surface area (Å²) in [6.45, 7) is 7.91. The van der Waals surface area contributed by atoms with Gasteiger partial charge in [0.1, 0.15) is 11.6 Å². The number of carbonyl (C=O) groups is 1. The molecule has 0 atom stereocenters. The van der Waals surface area contributed by atoms with E-state index in [1.54, 1.807) is 0 Å². The van der Waals surface area contributed by atoms with E-state index >= 15 is 0 Å². The molecule has 1 aliphatic carbocycles. The van der Waals surface area contributed by atoms with Crippen molar-refractivity contribution in [2.75, 3.05) is 25.0 Å². The molecular weight excluding hydrogens is 288 g/mol. The molecule has 2 fully saturated rings. The summed E-state index contributed by atoms with van der Waals surface area (Å²) in [6, 6.07) is 2.45. The van der Waals surface area contributed by atoms with Crippen LogP contribution in [0, 0.1) is 12.8 Å². The fourth-order valence-corrected chi connectivity index (χ4v) is 3.33.